The lowest BCUT2D eigenvalue weighted by Gasteiger charge is -1.98. The standard InChI is InChI=1S/C17H10Cl2N2O2S/c1-8-11-6-9(18)3-5-13(11)23-15(8)16(22)21-17-20-12-4-2-10(19)7-14(12)24-17/h2-7H,1H3,(H,20,21,22). The number of nitrogens with zero attached hydrogens (tertiary/aromatic N) is 1. The van der Waals surface area contributed by atoms with Crippen LogP contribution in [0.4, 0.5) is 5.13 Å². The van der Waals surface area contributed by atoms with Crippen LogP contribution in [-0.2, 0) is 0 Å². The molecule has 0 spiro atoms. The van der Waals surface area contributed by atoms with Crippen molar-refractivity contribution in [3.8, 4) is 0 Å². The highest BCUT2D eigenvalue weighted by atomic mass is 35.5. The number of halogens is 2. The molecule has 4 rings (SSSR count). The maximum Gasteiger partial charge on any atom is 0.293 e. The number of anilines is 1. The van der Waals surface area contributed by atoms with Gasteiger partial charge in [0.15, 0.2) is 10.9 Å². The van der Waals surface area contributed by atoms with E-state index in [0.29, 0.717) is 20.8 Å². The molecule has 4 aromatic rings. The number of carbonyl (C=O) groups excluding carboxylic acids is 1. The minimum absolute atomic E-state index is 0.254. The van der Waals surface area contributed by atoms with Gasteiger partial charge in [0.1, 0.15) is 5.58 Å². The average Bonchev–Trinajstić information content (AvgIpc) is 3.08. The van der Waals surface area contributed by atoms with E-state index in [9.17, 15) is 4.79 Å². The Morgan fingerprint density at radius 1 is 1.17 bits per heavy atom. The number of furan rings is 1. The van der Waals surface area contributed by atoms with Crippen LogP contribution < -0.4 is 5.32 Å². The zero-order valence-corrected chi connectivity index (χ0v) is 14.7. The summed E-state index contributed by atoms with van der Waals surface area (Å²) in [6, 6.07) is 10.7. The third-order valence-corrected chi connectivity index (χ3v) is 5.08. The SMILES string of the molecule is Cc1c(C(=O)Nc2nc3ccc(Cl)cc3s2)oc2ccc(Cl)cc12. The van der Waals surface area contributed by atoms with Crippen LogP contribution in [0, 0.1) is 6.92 Å². The summed E-state index contributed by atoms with van der Waals surface area (Å²) in [4.78, 5) is 16.9. The second-order valence-electron chi connectivity index (χ2n) is 5.28. The molecule has 0 aliphatic heterocycles. The predicted octanol–water partition coefficient (Wildman–Crippen LogP) is 5.91. The van der Waals surface area contributed by atoms with E-state index in [2.05, 4.69) is 10.3 Å². The van der Waals surface area contributed by atoms with Gasteiger partial charge >= 0.3 is 0 Å². The van der Waals surface area contributed by atoms with E-state index in [1.54, 1.807) is 24.3 Å². The first kappa shape index (κ1) is 15.4. The first-order valence-electron chi connectivity index (χ1n) is 7.07. The van der Waals surface area contributed by atoms with Crippen molar-refractivity contribution in [3.63, 3.8) is 0 Å². The molecule has 0 aliphatic carbocycles. The largest absolute Gasteiger partial charge is 0.451 e. The molecule has 2 heterocycles. The summed E-state index contributed by atoms with van der Waals surface area (Å²) in [5.41, 5.74) is 2.15. The summed E-state index contributed by atoms with van der Waals surface area (Å²) in [5, 5.41) is 5.33. The minimum atomic E-state index is -0.343. The summed E-state index contributed by atoms with van der Waals surface area (Å²) in [5.74, 6) is -0.0884. The molecule has 0 fully saturated rings. The van der Waals surface area contributed by atoms with Crippen LogP contribution in [0.1, 0.15) is 16.1 Å². The zero-order valence-electron chi connectivity index (χ0n) is 12.4. The number of carbonyl (C=O) groups is 1. The highest BCUT2D eigenvalue weighted by Crippen LogP contribution is 2.31. The van der Waals surface area contributed by atoms with Crippen molar-refractivity contribution in [3.05, 3.63) is 57.8 Å². The Kier molecular flexibility index (Phi) is 3.72. The predicted molar refractivity (Wildman–Crippen MR) is 98.5 cm³/mol. The monoisotopic (exact) mass is 376 g/mol. The summed E-state index contributed by atoms with van der Waals surface area (Å²) < 4.78 is 6.57. The van der Waals surface area contributed by atoms with Gasteiger partial charge in [0, 0.05) is 21.0 Å². The molecule has 120 valence electrons. The van der Waals surface area contributed by atoms with Gasteiger partial charge < -0.3 is 4.42 Å². The molecule has 0 unspecified atom stereocenters. The summed E-state index contributed by atoms with van der Waals surface area (Å²) in [6.07, 6.45) is 0. The number of aromatic nitrogens is 1. The van der Waals surface area contributed by atoms with Crippen molar-refractivity contribution in [1.82, 2.24) is 4.98 Å². The van der Waals surface area contributed by atoms with Crippen molar-refractivity contribution >= 4 is 66.8 Å². The van der Waals surface area contributed by atoms with Crippen LogP contribution >= 0.6 is 34.5 Å². The Morgan fingerprint density at radius 3 is 2.75 bits per heavy atom. The van der Waals surface area contributed by atoms with Gasteiger partial charge in [-0.2, -0.15) is 0 Å². The molecule has 4 nitrogen and oxygen atoms in total. The minimum Gasteiger partial charge on any atom is -0.451 e. The number of rotatable bonds is 2. The van der Waals surface area contributed by atoms with Gasteiger partial charge in [0.05, 0.1) is 10.2 Å². The van der Waals surface area contributed by atoms with E-state index in [1.165, 1.54) is 11.3 Å². The third kappa shape index (κ3) is 2.65. The number of benzene rings is 2. The van der Waals surface area contributed by atoms with Gasteiger partial charge in [0.2, 0.25) is 0 Å². The highest BCUT2D eigenvalue weighted by Gasteiger charge is 2.19. The molecule has 0 radical (unpaired) electrons. The van der Waals surface area contributed by atoms with Crippen molar-refractivity contribution in [2.75, 3.05) is 5.32 Å². The second kappa shape index (κ2) is 5.77. The average molecular weight is 377 g/mol. The smallest absolute Gasteiger partial charge is 0.293 e. The molecule has 2 aromatic carbocycles. The van der Waals surface area contributed by atoms with Gasteiger partial charge in [-0.25, -0.2) is 4.98 Å². The van der Waals surface area contributed by atoms with Crippen LogP contribution in [0.5, 0.6) is 0 Å². The number of hydrogen-bond donors (Lipinski definition) is 1. The molecule has 0 atom stereocenters. The zero-order chi connectivity index (χ0) is 16.8. The van der Waals surface area contributed by atoms with Crippen molar-refractivity contribution in [1.29, 1.82) is 0 Å². The molecule has 1 N–H and O–H groups in total. The topological polar surface area (TPSA) is 55.1 Å². The quantitative estimate of drug-likeness (QED) is 0.472. The van der Waals surface area contributed by atoms with Gasteiger partial charge in [0.25, 0.3) is 5.91 Å². The van der Waals surface area contributed by atoms with Crippen LogP contribution in [-0.4, -0.2) is 10.9 Å². The Hall–Kier alpha value is -2.08. The van der Waals surface area contributed by atoms with E-state index in [-0.39, 0.29) is 11.7 Å². The van der Waals surface area contributed by atoms with E-state index in [4.69, 9.17) is 27.6 Å². The molecule has 1 amide bonds. The highest BCUT2D eigenvalue weighted by molar-refractivity contribution is 7.22. The van der Waals surface area contributed by atoms with E-state index >= 15 is 0 Å². The molecule has 0 saturated heterocycles. The van der Waals surface area contributed by atoms with Gasteiger partial charge in [-0.15, -0.1) is 0 Å². The van der Waals surface area contributed by atoms with E-state index in [1.807, 2.05) is 19.1 Å². The van der Waals surface area contributed by atoms with Crippen molar-refractivity contribution in [2.45, 2.75) is 6.92 Å². The Morgan fingerprint density at radius 2 is 1.92 bits per heavy atom. The van der Waals surface area contributed by atoms with Crippen LogP contribution in [0.3, 0.4) is 0 Å². The van der Waals surface area contributed by atoms with Crippen LogP contribution in [0.25, 0.3) is 21.2 Å². The number of nitrogens with one attached hydrogen (secondary N) is 1. The molecule has 7 heteroatoms. The number of thiazole rings is 1. The molecule has 0 bridgehead atoms. The fourth-order valence-corrected chi connectivity index (χ4v) is 3.82. The molecule has 0 aliphatic rings. The van der Waals surface area contributed by atoms with E-state index in [0.717, 1.165) is 21.2 Å². The van der Waals surface area contributed by atoms with E-state index < -0.39 is 0 Å². The number of aryl methyl sites for hydroxylation is 1. The fraction of sp³-hybridized carbons (Fsp3) is 0.0588. The molecular weight excluding hydrogens is 367 g/mol. The maximum atomic E-state index is 12.5. The van der Waals surface area contributed by atoms with Gasteiger partial charge in [-0.1, -0.05) is 34.5 Å². The lowest BCUT2D eigenvalue weighted by Crippen LogP contribution is -2.11. The molecular formula is C17H10Cl2N2O2S. The van der Waals surface area contributed by atoms with Crippen molar-refractivity contribution in [2.24, 2.45) is 0 Å². The molecule has 0 saturated carbocycles. The van der Waals surface area contributed by atoms with Crippen LogP contribution in [0.15, 0.2) is 40.8 Å². The first-order chi connectivity index (χ1) is 11.5. The summed E-state index contributed by atoms with van der Waals surface area (Å²) in [7, 11) is 0. The van der Waals surface area contributed by atoms with Crippen molar-refractivity contribution < 1.29 is 9.21 Å². The fourth-order valence-electron chi connectivity index (χ4n) is 2.52. The normalized spacial score (nSPS) is 11.3. The summed E-state index contributed by atoms with van der Waals surface area (Å²) in [6.45, 7) is 1.83. The summed E-state index contributed by atoms with van der Waals surface area (Å²) >= 11 is 13.3. The number of amides is 1. The van der Waals surface area contributed by atoms with Gasteiger partial charge in [-0.05, 0) is 43.3 Å². The lowest BCUT2D eigenvalue weighted by molar-refractivity contribution is 0.0998. The third-order valence-electron chi connectivity index (χ3n) is 3.68. The molecule has 2 aromatic heterocycles. The molecule has 24 heavy (non-hydrogen) atoms. The second-order valence-corrected chi connectivity index (χ2v) is 7.19. The first-order valence-corrected chi connectivity index (χ1v) is 8.64. The maximum absolute atomic E-state index is 12.5. The van der Waals surface area contributed by atoms with Crippen LogP contribution in [0.2, 0.25) is 10.0 Å². The lowest BCUT2D eigenvalue weighted by atomic mass is 10.1. The number of hydrogen-bond acceptors (Lipinski definition) is 4. The number of fused-ring (bicyclic) bond motifs is 2. The Bertz CT molecular complexity index is 1100. The Balaban J connectivity index is 1.69. The van der Waals surface area contributed by atoms with Gasteiger partial charge in [-0.3, -0.25) is 10.1 Å². The Labute approximate surface area is 151 Å².